The lowest BCUT2D eigenvalue weighted by Gasteiger charge is -2.28. The van der Waals surface area contributed by atoms with Crippen LogP contribution in [0.1, 0.15) is 50.4 Å². The third-order valence-electron chi connectivity index (χ3n) is 5.43. The van der Waals surface area contributed by atoms with Crippen LogP contribution in [0.25, 0.3) is 0 Å². The molecule has 1 atom stereocenters. The second-order valence-corrected chi connectivity index (χ2v) is 8.89. The number of hydrogen-bond acceptors (Lipinski definition) is 6. The van der Waals surface area contributed by atoms with Gasteiger partial charge in [-0.25, -0.2) is 4.39 Å². The number of halogens is 1. The van der Waals surface area contributed by atoms with Crippen LogP contribution >= 0.6 is 11.8 Å². The maximum Gasteiger partial charge on any atom is 0.312 e. The number of thioether (sulfide) groups is 1. The highest BCUT2D eigenvalue weighted by Gasteiger charge is 2.31. The van der Waals surface area contributed by atoms with Gasteiger partial charge in [-0.2, -0.15) is 0 Å². The van der Waals surface area contributed by atoms with Crippen molar-refractivity contribution in [2.75, 3.05) is 16.8 Å². The van der Waals surface area contributed by atoms with Gasteiger partial charge in [0.05, 0.1) is 16.8 Å². The zero-order valence-electron chi connectivity index (χ0n) is 17.8. The largest absolute Gasteiger partial charge is 0.409 e. The number of esters is 1. The summed E-state index contributed by atoms with van der Waals surface area (Å²) in [6.07, 6.45) is 5.92. The van der Waals surface area contributed by atoms with Crippen LogP contribution in [0.4, 0.5) is 15.8 Å². The van der Waals surface area contributed by atoms with E-state index < -0.39 is 0 Å². The van der Waals surface area contributed by atoms with Crippen LogP contribution in [0.3, 0.4) is 0 Å². The van der Waals surface area contributed by atoms with E-state index in [0.29, 0.717) is 18.0 Å². The van der Waals surface area contributed by atoms with Gasteiger partial charge in [-0.15, -0.1) is 11.8 Å². The van der Waals surface area contributed by atoms with Gasteiger partial charge >= 0.3 is 5.97 Å². The summed E-state index contributed by atoms with van der Waals surface area (Å²) in [5.41, 5.74) is 4.11. The van der Waals surface area contributed by atoms with E-state index in [1.54, 1.807) is 17.8 Å². The van der Waals surface area contributed by atoms with Gasteiger partial charge in [-0.1, -0.05) is 13.0 Å². The van der Waals surface area contributed by atoms with E-state index in [9.17, 15) is 9.18 Å². The number of benzene rings is 1. The second kappa shape index (κ2) is 10.2. The molecule has 3 heterocycles. The quantitative estimate of drug-likeness (QED) is 0.537. The van der Waals surface area contributed by atoms with Gasteiger partial charge in [0.1, 0.15) is 5.82 Å². The summed E-state index contributed by atoms with van der Waals surface area (Å²) in [4.78, 5) is 18.8. The molecule has 0 radical (unpaired) electrons. The molecule has 2 aliphatic rings. The van der Waals surface area contributed by atoms with E-state index >= 15 is 0 Å². The molecular weight excluding hydrogens is 413 g/mol. The molecule has 0 amide bonds. The molecule has 7 heteroatoms. The molecule has 1 aromatic carbocycles. The molecule has 0 bridgehead atoms. The van der Waals surface area contributed by atoms with Crippen LogP contribution in [-0.2, 0) is 22.4 Å². The number of ether oxygens (including phenoxy) is 1. The van der Waals surface area contributed by atoms with Crippen LogP contribution in [0, 0.1) is 5.82 Å². The number of rotatable bonds is 8. The van der Waals surface area contributed by atoms with Crippen molar-refractivity contribution in [3.05, 3.63) is 64.9 Å². The lowest BCUT2D eigenvalue weighted by Crippen LogP contribution is -2.30. The van der Waals surface area contributed by atoms with E-state index in [1.165, 1.54) is 12.1 Å². The maximum atomic E-state index is 13.9. The van der Waals surface area contributed by atoms with Gasteiger partial charge < -0.3 is 10.1 Å². The number of fused-ring (bicyclic) bond motifs is 1. The second-order valence-electron chi connectivity index (χ2n) is 7.84. The Hall–Kier alpha value is -2.54. The summed E-state index contributed by atoms with van der Waals surface area (Å²) in [6.45, 7) is 2.96. The van der Waals surface area contributed by atoms with E-state index in [0.717, 1.165) is 62.1 Å². The standard InChI is InChI=1S/C24H28FN3O2S/c1-2-6-24(29)30-22-16-31-23(28(22)19-9-3-7-17(25)15-19)11-4-8-18-12-13-20-21(27-18)10-5-14-26-20/h3,7,9,12-13,15-16,23,26H,2,4-6,8,10-11,14H2,1H3. The first kappa shape index (κ1) is 21.7. The van der Waals surface area contributed by atoms with Gasteiger partial charge in [-0.3, -0.25) is 14.7 Å². The maximum absolute atomic E-state index is 13.9. The number of nitrogens with one attached hydrogen (secondary N) is 1. The molecule has 2 aromatic rings. The van der Waals surface area contributed by atoms with E-state index in [4.69, 9.17) is 9.72 Å². The zero-order valence-corrected chi connectivity index (χ0v) is 18.6. The molecule has 0 fully saturated rings. The lowest BCUT2D eigenvalue weighted by molar-refractivity contribution is -0.139. The highest BCUT2D eigenvalue weighted by Crippen LogP contribution is 2.39. The van der Waals surface area contributed by atoms with Crippen LogP contribution in [-0.4, -0.2) is 22.9 Å². The number of carbonyl (C=O) groups is 1. The monoisotopic (exact) mass is 441 g/mol. The van der Waals surface area contributed by atoms with Crippen LogP contribution in [0.5, 0.6) is 0 Å². The minimum atomic E-state index is -0.306. The number of aryl methyl sites for hydroxylation is 2. The Bertz CT molecular complexity index is 966. The number of anilines is 2. The number of aromatic nitrogens is 1. The molecule has 2 aliphatic heterocycles. The molecule has 0 saturated carbocycles. The van der Waals surface area contributed by atoms with E-state index in [-0.39, 0.29) is 17.2 Å². The fourth-order valence-corrected chi connectivity index (χ4v) is 5.02. The third kappa shape index (κ3) is 5.39. The molecule has 0 spiro atoms. The topological polar surface area (TPSA) is 54.5 Å². The zero-order chi connectivity index (χ0) is 21.6. The van der Waals surface area contributed by atoms with Crippen molar-refractivity contribution in [3.63, 3.8) is 0 Å². The Kier molecular flexibility index (Phi) is 7.12. The summed E-state index contributed by atoms with van der Waals surface area (Å²) in [5.74, 6) is -0.0837. The van der Waals surface area contributed by atoms with Crippen molar-refractivity contribution in [1.29, 1.82) is 0 Å². The number of nitrogens with zero attached hydrogens (tertiary/aromatic N) is 2. The summed E-state index contributed by atoms with van der Waals surface area (Å²) in [6, 6.07) is 10.7. The molecule has 1 N–H and O–H groups in total. The Morgan fingerprint density at radius 1 is 1.35 bits per heavy atom. The predicted octanol–water partition coefficient (Wildman–Crippen LogP) is 5.62. The van der Waals surface area contributed by atoms with Crippen LogP contribution in [0.2, 0.25) is 0 Å². The molecule has 0 aliphatic carbocycles. The molecule has 4 rings (SSSR count). The van der Waals surface area contributed by atoms with Gasteiger partial charge in [0, 0.05) is 29.8 Å². The average Bonchev–Trinajstić information content (AvgIpc) is 3.16. The van der Waals surface area contributed by atoms with Crippen molar-refractivity contribution in [3.8, 4) is 0 Å². The van der Waals surface area contributed by atoms with Crippen LogP contribution in [0.15, 0.2) is 47.7 Å². The first-order chi connectivity index (χ1) is 15.1. The summed E-state index contributed by atoms with van der Waals surface area (Å²) >= 11 is 1.61. The average molecular weight is 442 g/mol. The van der Waals surface area contributed by atoms with Gasteiger partial charge in [-0.05, 0) is 68.9 Å². The first-order valence-electron chi connectivity index (χ1n) is 11.0. The van der Waals surface area contributed by atoms with Crippen molar-refractivity contribution in [2.45, 2.75) is 57.2 Å². The van der Waals surface area contributed by atoms with Crippen molar-refractivity contribution >= 4 is 29.1 Å². The molecular formula is C24H28FN3O2S. The normalized spacial score (nSPS) is 17.7. The minimum absolute atomic E-state index is 0.0468. The molecule has 164 valence electrons. The fraction of sp³-hybridized carbons (Fsp3) is 0.417. The molecule has 0 saturated heterocycles. The van der Waals surface area contributed by atoms with Gasteiger partial charge in [0.15, 0.2) is 0 Å². The molecule has 1 aromatic heterocycles. The first-order valence-corrected chi connectivity index (χ1v) is 11.9. The Balaban J connectivity index is 1.42. The Labute approximate surface area is 187 Å². The highest BCUT2D eigenvalue weighted by molar-refractivity contribution is 8.03. The van der Waals surface area contributed by atoms with Crippen LogP contribution < -0.4 is 10.2 Å². The molecule has 1 unspecified atom stereocenters. The summed E-state index contributed by atoms with van der Waals surface area (Å²) < 4.78 is 19.5. The highest BCUT2D eigenvalue weighted by atomic mass is 32.2. The lowest BCUT2D eigenvalue weighted by atomic mass is 10.1. The van der Waals surface area contributed by atoms with Gasteiger partial charge in [0.25, 0.3) is 0 Å². The number of pyridine rings is 1. The molecule has 31 heavy (non-hydrogen) atoms. The van der Waals surface area contributed by atoms with E-state index in [2.05, 4.69) is 17.4 Å². The Morgan fingerprint density at radius 2 is 2.26 bits per heavy atom. The fourth-order valence-electron chi connectivity index (χ4n) is 3.93. The summed E-state index contributed by atoms with van der Waals surface area (Å²) in [7, 11) is 0. The van der Waals surface area contributed by atoms with Crippen molar-refractivity contribution in [2.24, 2.45) is 0 Å². The summed E-state index contributed by atoms with van der Waals surface area (Å²) in [5, 5.41) is 5.31. The third-order valence-corrected chi connectivity index (χ3v) is 6.53. The predicted molar refractivity (Wildman–Crippen MR) is 123 cm³/mol. The Morgan fingerprint density at radius 3 is 3.10 bits per heavy atom. The SMILES string of the molecule is CCCC(=O)OC1=CSC(CCCc2ccc3c(n2)CCCN3)N1c1cccc(F)c1. The number of carbonyl (C=O) groups excluding carboxylic acids is 1. The van der Waals surface area contributed by atoms with Crippen molar-refractivity contribution < 1.29 is 13.9 Å². The van der Waals surface area contributed by atoms with Crippen molar-refractivity contribution in [1.82, 2.24) is 4.98 Å². The van der Waals surface area contributed by atoms with Gasteiger partial charge in [0.2, 0.25) is 5.88 Å². The van der Waals surface area contributed by atoms with E-state index in [1.807, 2.05) is 23.3 Å². The number of hydrogen-bond donors (Lipinski definition) is 1. The molecule has 5 nitrogen and oxygen atoms in total. The smallest absolute Gasteiger partial charge is 0.312 e. The minimum Gasteiger partial charge on any atom is -0.409 e.